The SMILES string of the molecule is Cc1ccc2c(c1)C(C)(C)C1(/C=C/c3cccc(Cl)c3Cl)NC(=O)CN21. The van der Waals surface area contributed by atoms with Crippen LogP contribution in [0.3, 0.4) is 0 Å². The maximum atomic E-state index is 12.3. The van der Waals surface area contributed by atoms with E-state index in [1.165, 1.54) is 11.1 Å². The molecule has 134 valence electrons. The zero-order chi connectivity index (χ0) is 18.7. The summed E-state index contributed by atoms with van der Waals surface area (Å²) < 4.78 is 0. The fourth-order valence-corrected chi connectivity index (χ4v) is 4.52. The number of carbonyl (C=O) groups is 1. The topological polar surface area (TPSA) is 32.3 Å². The number of hydrogen-bond acceptors (Lipinski definition) is 2. The second-order valence-corrected chi connectivity index (χ2v) is 8.31. The van der Waals surface area contributed by atoms with Gasteiger partial charge in [-0.05, 0) is 36.3 Å². The highest BCUT2D eigenvalue weighted by atomic mass is 35.5. The van der Waals surface area contributed by atoms with Gasteiger partial charge in [-0.1, -0.05) is 73.0 Å². The minimum absolute atomic E-state index is 0.0196. The van der Waals surface area contributed by atoms with E-state index in [4.69, 9.17) is 23.2 Å². The molecule has 1 amide bonds. The normalized spacial score (nSPS) is 23.3. The molecule has 1 fully saturated rings. The number of rotatable bonds is 2. The second kappa shape index (κ2) is 5.77. The summed E-state index contributed by atoms with van der Waals surface area (Å²) in [5.41, 5.74) is 3.44. The predicted octanol–water partition coefficient (Wildman–Crippen LogP) is 4.94. The van der Waals surface area contributed by atoms with E-state index in [9.17, 15) is 4.79 Å². The monoisotopic (exact) mass is 386 g/mol. The van der Waals surface area contributed by atoms with E-state index >= 15 is 0 Å². The maximum Gasteiger partial charge on any atom is 0.241 e. The van der Waals surface area contributed by atoms with Crippen molar-refractivity contribution in [3.8, 4) is 0 Å². The largest absolute Gasteiger partial charge is 0.335 e. The van der Waals surface area contributed by atoms with Gasteiger partial charge in [-0.15, -0.1) is 0 Å². The van der Waals surface area contributed by atoms with Crippen LogP contribution in [-0.2, 0) is 10.2 Å². The van der Waals surface area contributed by atoms with Crippen molar-refractivity contribution in [2.24, 2.45) is 0 Å². The van der Waals surface area contributed by atoms with Crippen LogP contribution in [0.1, 0.15) is 30.5 Å². The Kier molecular flexibility index (Phi) is 3.87. The Morgan fingerprint density at radius 3 is 2.73 bits per heavy atom. The number of benzene rings is 2. The lowest BCUT2D eigenvalue weighted by Gasteiger charge is -2.40. The second-order valence-electron chi connectivity index (χ2n) is 7.52. The smallest absolute Gasteiger partial charge is 0.241 e. The lowest BCUT2D eigenvalue weighted by atomic mass is 9.75. The highest BCUT2D eigenvalue weighted by Crippen LogP contribution is 2.53. The molecule has 4 rings (SSSR count). The Bertz CT molecular complexity index is 951. The number of fused-ring (bicyclic) bond motifs is 3. The Balaban J connectivity index is 1.86. The number of nitrogens with one attached hydrogen (secondary N) is 1. The highest BCUT2D eigenvalue weighted by Gasteiger charge is 2.59. The van der Waals surface area contributed by atoms with E-state index in [-0.39, 0.29) is 11.3 Å². The Morgan fingerprint density at radius 2 is 1.96 bits per heavy atom. The first-order chi connectivity index (χ1) is 12.3. The molecule has 1 saturated heterocycles. The zero-order valence-electron chi connectivity index (χ0n) is 14.9. The minimum atomic E-state index is -0.633. The third kappa shape index (κ3) is 2.30. The van der Waals surface area contributed by atoms with Gasteiger partial charge in [-0.3, -0.25) is 4.79 Å². The first-order valence-electron chi connectivity index (χ1n) is 8.59. The average Bonchev–Trinajstić information content (AvgIpc) is 3.01. The van der Waals surface area contributed by atoms with E-state index in [0.29, 0.717) is 16.6 Å². The molecule has 0 bridgehead atoms. The zero-order valence-corrected chi connectivity index (χ0v) is 16.4. The van der Waals surface area contributed by atoms with Crippen molar-refractivity contribution in [1.29, 1.82) is 0 Å². The van der Waals surface area contributed by atoms with E-state index < -0.39 is 5.66 Å². The number of carbonyl (C=O) groups excluding carboxylic acids is 1. The van der Waals surface area contributed by atoms with Gasteiger partial charge in [0, 0.05) is 11.1 Å². The summed E-state index contributed by atoms with van der Waals surface area (Å²) in [5.74, 6) is 0.0196. The number of hydrogen-bond donors (Lipinski definition) is 1. The molecule has 2 aromatic rings. The van der Waals surface area contributed by atoms with Crippen LogP contribution in [0.15, 0.2) is 42.5 Å². The van der Waals surface area contributed by atoms with Gasteiger partial charge in [-0.2, -0.15) is 0 Å². The Morgan fingerprint density at radius 1 is 1.19 bits per heavy atom. The number of aryl methyl sites for hydroxylation is 1. The molecular weight excluding hydrogens is 367 g/mol. The van der Waals surface area contributed by atoms with Gasteiger partial charge in [0.1, 0.15) is 5.66 Å². The molecule has 2 aliphatic rings. The van der Waals surface area contributed by atoms with Crippen LogP contribution in [0.5, 0.6) is 0 Å². The summed E-state index contributed by atoms with van der Waals surface area (Å²) >= 11 is 12.5. The lowest BCUT2D eigenvalue weighted by Crippen LogP contribution is -2.58. The van der Waals surface area contributed by atoms with E-state index in [2.05, 4.69) is 49.2 Å². The van der Waals surface area contributed by atoms with Crippen molar-refractivity contribution in [3.05, 3.63) is 69.2 Å². The van der Waals surface area contributed by atoms with Crippen LogP contribution in [-0.4, -0.2) is 18.1 Å². The quantitative estimate of drug-likeness (QED) is 0.792. The van der Waals surface area contributed by atoms with Gasteiger partial charge in [0.2, 0.25) is 5.91 Å². The Labute approximate surface area is 163 Å². The molecule has 2 aromatic carbocycles. The highest BCUT2D eigenvalue weighted by molar-refractivity contribution is 6.42. The molecule has 1 atom stereocenters. The van der Waals surface area contributed by atoms with Crippen molar-refractivity contribution in [2.75, 3.05) is 11.4 Å². The van der Waals surface area contributed by atoms with Gasteiger partial charge in [-0.25, -0.2) is 0 Å². The van der Waals surface area contributed by atoms with Crippen LogP contribution >= 0.6 is 23.2 Å². The lowest BCUT2D eigenvalue weighted by molar-refractivity contribution is -0.118. The Hall–Kier alpha value is -1.97. The van der Waals surface area contributed by atoms with Crippen molar-refractivity contribution >= 4 is 40.9 Å². The van der Waals surface area contributed by atoms with Gasteiger partial charge < -0.3 is 10.2 Å². The number of nitrogens with zero attached hydrogens (tertiary/aromatic N) is 1. The maximum absolute atomic E-state index is 12.3. The summed E-state index contributed by atoms with van der Waals surface area (Å²) in [6.07, 6.45) is 4.00. The minimum Gasteiger partial charge on any atom is -0.335 e. The van der Waals surface area contributed by atoms with Crippen LogP contribution in [0, 0.1) is 6.92 Å². The molecule has 2 heterocycles. The van der Waals surface area contributed by atoms with Crippen molar-refractivity contribution in [2.45, 2.75) is 31.8 Å². The van der Waals surface area contributed by atoms with E-state index in [0.717, 1.165) is 11.3 Å². The van der Waals surface area contributed by atoms with E-state index in [1.54, 1.807) is 6.07 Å². The van der Waals surface area contributed by atoms with Gasteiger partial charge >= 0.3 is 0 Å². The van der Waals surface area contributed by atoms with Gasteiger partial charge in [0.25, 0.3) is 0 Å². The molecule has 5 heteroatoms. The van der Waals surface area contributed by atoms with Gasteiger partial charge in [0.05, 0.1) is 16.6 Å². The van der Waals surface area contributed by atoms with Crippen molar-refractivity contribution in [3.63, 3.8) is 0 Å². The molecule has 1 N–H and O–H groups in total. The molecule has 0 spiro atoms. The molecule has 1 unspecified atom stereocenters. The van der Waals surface area contributed by atoms with Crippen LogP contribution in [0.2, 0.25) is 10.0 Å². The fourth-order valence-electron chi connectivity index (χ4n) is 4.15. The summed E-state index contributed by atoms with van der Waals surface area (Å²) in [6, 6.07) is 12.0. The molecule has 0 aliphatic carbocycles. The molecule has 26 heavy (non-hydrogen) atoms. The van der Waals surface area contributed by atoms with Crippen LogP contribution in [0.4, 0.5) is 5.69 Å². The standard InChI is InChI=1S/C21H20Cl2N2O/c1-13-7-8-17-15(11-13)20(2,3)21(24-18(26)12-25(17)21)10-9-14-5-4-6-16(22)19(14)23/h4-11H,12H2,1-3H3,(H,24,26)/b10-9+. The summed E-state index contributed by atoms with van der Waals surface area (Å²) in [4.78, 5) is 14.5. The first-order valence-corrected chi connectivity index (χ1v) is 9.35. The van der Waals surface area contributed by atoms with Crippen LogP contribution < -0.4 is 10.2 Å². The van der Waals surface area contributed by atoms with Crippen molar-refractivity contribution < 1.29 is 4.79 Å². The number of anilines is 1. The molecule has 0 saturated carbocycles. The van der Waals surface area contributed by atoms with Crippen molar-refractivity contribution in [1.82, 2.24) is 5.32 Å². The summed E-state index contributed by atoms with van der Waals surface area (Å²) in [6.45, 7) is 6.77. The summed E-state index contributed by atoms with van der Waals surface area (Å²) in [5, 5.41) is 4.25. The molecule has 3 nitrogen and oxygen atoms in total. The predicted molar refractivity (Wildman–Crippen MR) is 108 cm³/mol. The van der Waals surface area contributed by atoms with Gasteiger partial charge in [0.15, 0.2) is 0 Å². The summed E-state index contributed by atoms with van der Waals surface area (Å²) in [7, 11) is 0. The molecule has 0 aromatic heterocycles. The van der Waals surface area contributed by atoms with E-state index in [1.807, 2.05) is 24.3 Å². The fraction of sp³-hybridized carbons (Fsp3) is 0.286. The number of halogens is 2. The molecule has 0 radical (unpaired) electrons. The van der Waals surface area contributed by atoms with Crippen LogP contribution in [0.25, 0.3) is 6.08 Å². The number of amides is 1. The molecular formula is C21H20Cl2N2O. The average molecular weight is 387 g/mol. The molecule has 2 aliphatic heterocycles. The first kappa shape index (κ1) is 17.4. The third-order valence-electron chi connectivity index (χ3n) is 5.61. The third-order valence-corrected chi connectivity index (χ3v) is 6.45.